The maximum atomic E-state index is 12.4. The van der Waals surface area contributed by atoms with Crippen molar-refractivity contribution in [2.45, 2.75) is 13.8 Å². The van der Waals surface area contributed by atoms with E-state index in [1.54, 1.807) is 6.07 Å². The van der Waals surface area contributed by atoms with Crippen LogP contribution in [0.25, 0.3) is 5.69 Å². The minimum absolute atomic E-state index is 0. The number of tetrazole rings is 1. The molecule has 0 aliphatic rings. The van der Waals surface area contributed by atoms with Gasteiger partial charge >= 0.3 is 0 Å². The van der Waals surface area contributed by atoms with E-state index in [9.17, 15) is 4.79 Å². The summed E-state index contributed by atoms with van der Waals surface area (Å²) in [5, 5.41) is 14.1. The summed E-state index contributed by atoms with van der Waals surface area (Å²) >= 11 is 0. The molecule has 1 aromatic heterocycles. The maximum absolute atomic E-state index is 12.4. The van der Waals surface area contributed by atoms with Crippen LogP contribution in [-0.4, -0.2) is 26.1 Å². The predicted molar refractivity (Wildman–Crippen MR) is 81.9 cm³/mol. The van der Waals surface area contributed by atoms with Gasteiger partial charge in [0.15, 0.2) is 0 Å². The van der Waals surface area contributed by atoms with Gasteiger partial charge in [0, 0.05) is 32.7 Å². The monoisotopic (exact) mass is 381 g/mol. The van der Waals surface area contributed by atoms with Crippen molar-refractivity contribution in [2.75, 3.05) is 5.32 Å². The van der Waals surface area contributed by atoms with Crippen LogP contribution in [0.4, 0.5) is 5.95 Å². The first-order chi connectivity index (χ1) is 10.6. The second-order valence-electron chi connectivity index (χ2n) is 4.88. The molecule has 2 aromatic carbocycles. The zero-order chi connectivity index (χ0) is 15.5. The van der Waals surface area contributed by atoms with Gasteiger partial charge in [-0.05, 0) is 22.6 Å². The van der Waals surface area contributed by atoms with Gasteiger partial charge in [-0.3, -0.25) is 10.1 Å². The smallest absolute Gasteiger partial charge is 0.253 e. The van der Waals surface area contributed by atoms with Gasteiger partial charge in [-0.25, -0.2) is 0 Å². The van der Waals surface area contributed by atoms with E-state index >= 15 is 0 Å². The SMILES string of the molecule is Cc1[c-]c(C)c(C(=O)Nc2nnnn2-c2ccccc2)cc1.[Y]. The van der Waals surface area contributed by atoms with E-state index in [0.29, 0.717) is 5.56 Å². The van der Waals surface area contributed by atoms with E-state index in [0.717, 1.165) is 16.8 Å². The molecule has 1 heterocycles. The fourth-order valence-corrected chi connectivity index (χ4v) is 2.16. The minimum atomic E-state index is -0.263. The Morgan fingerprint density at radius 2 is 1.87 bits per heavy atom. The first-order valence-electron chi connectivity index (χ1n) is 6.80. The Morgan fingerprint density at radius 3 is 2.57 bits per heavy atom. The van der Waals surface area contributed by atoms with E-state index in [4.69, 9.17) is 0 Å². The molecule has 0 unspecified atom stereocenters. The summed E-state index contributed by atoms with van der Waals surface area (Å²) in [5.41, 5.74) is 3.10. The van der Waals surface area contributed by atoms with Gasteiger partial charge in [0.1, 0.15) is 0 Å². The van der Waals surface area contributed by atoms with Crippen LogP contribution in [0, 0.1) is 19.9 Å². The summed E-state index contributed by atoms with van der Waals surface area (Å²) in [6.45, 7) is 3.78. The molecule has 0 saturated heterocycles. The molecule has 0 aliphatic carbocycles. The number of nitrogens with zero attached hydrogens (tertiary/aromatic N) is 4. The van der Waals surface area contributed by atoms with Crippen molar-refractivity contribution in [2.24, 2.45) is 0 Å². The van der Waals surface area contributed by atoms with Gasteiger partial charge in [-0.1, -0.05) is 42.7 Å². The van der Waals surface area contributed by atoms with Crippen molar-refractivity contribution in [3.8, 4) is 5.69 Å². The van der Waals surface area contributed by atoms with Crippen LogP contribution in [0.5, 0.6) is 0 Å². The minimum Gasteiger partial charge on any atom is -0.300 e. The van der Waals surface area contributed by atoms with Crippen LogP contribution in [0.1, 0.15) is 21.5 Å². The summed E-state index contributed by atoms with van der Waals surface area (Å²) < 4.78 is 1.48. The summed E-state index contributed by atoms with van der Waals surface area (Å²) in [4.78, 5) is 12.4. The standard InChI is InChI=1S/C16H14N5O.Y/c1-11-8-9-14(12(2)10-11)15(22)17-16-18-19-20-21(16)13-6-4-3-5-7-13;/h3-9H,1-2H3,(H,17,18,20,22);/q-1;. The number of carbonyl (C=O) groups is 1. The molecular weight excluding hydrogens is 367 g/mol. The van der Waals surface area contributed by atoms with Crippen molar-refractivity contribution in [3.05, 3.63) is 65.2 Å². The van der Waals surface area contributed by atoms with Crippen LogP contribution < -0.4 is 5.32 Å². The molecule has 1 amide bonds. The first kappa shape index (κ1) is 17.4. The number of rotatable bonds is 3. The average Bonchev–Trinajstić information content (AvgIpc) is 2.96. The van der Waals surface area contributed by atoms with E-state index < -0.39 is 0 Å². The van der Waals surface area contributed by atoms with Crippen LogP contribution in [0.3, 0.4) is 0 Å². The number of aryl methyl sites for hydroxylation is 2. The Bertz CT molecular complexity index is 816. The Balaban J connectivity index is 0.00000192. The second kappa shape index (κ2) is 7.57. The molecular formula is C16H14N5OY-. The molecule has 1 N–H and O–H groups in total. The number of aromatic nitrogens is 4. The number of anilines is 1. The zero-order valence-corrected chi connectivity index (χ0v) is 15.7. The van der Waals surface area contributed by atoms with Gasteiger partial charge in [0.05, 0.1) is 5.69 Å². The molecule has 0 spiro atoms. The number of nitrogens with one attached hydrogen (secondary N) is 1. The van der Waals surface area contributed by atoms with E-state index in [-0.39, 0.29) is 44.6 Å². The largest absolute Gasteiger partial charge is 0.300 e. The van der Waals surface area contributed by atoms with Crippen LogP contribution in [0.15, 0.2) is 42.5 Å². The number of carbonyl (C=O) groups excluding carboxylic acids is 1. The number of hydrogen-bond donors (Lipinski definition) is 1. The molecule has 0 saturated carbocycles. The van der Waals surface area contributed by atoms with Crippen molar-refractivity contribution in [1.29, 1.82) is 0 Å². The summed E-state index contributed by atoms with van der Waals surface area (Å²) in [5.74, 6) is 0.0110. The topological polar surface area (TPSA) is 72.7 Å². The molecule has 23 heavy (non-hydrogen) atoms. The molecule has 0 fully saturated rings. The van der Waals surface area contributed by atoms with Crippen molar-refractivity contribution in [1.82, 2.24) is 20.2 Å². The molecule has 0 aliphatic heterocycles. The molecule has 7 heteroatoms. The van der Waals surface area contributed by atoms with Gasteiger partial charge in [-0.2, -0.15) is 34.0 Å². The van der Waals surface area contributed by atoms with Gasteiger partial charge in [0.2, 0.25) is 5.91 Å². The van der Waals surface area contributed by atoms with Crippen molar-refractivity contribution >= 4 is 11.9 Å². The number of amides is 1. The molecule has 3 aromatic rings. The van der Waals surface area contributed by atoms with Crippen molar-refractivity contribution in [3.63, 3.8) is 0 Å². The average molecular weight is 381 g/mol. The Morgan fingerprint density at radius 1 is 1.13 bits per heavy atom. The normalized spacial score (nSPS) is 10.0. The summed E-state index contributed by atoms with van der Waals surface area (Å²) in [6.07, 6.45) is 0. The molecule has 0 atom stereocenters. The first-order valence-corrected chi connectivity index (χ1v) is 6.80. The fraction of sp³-hybridized carbons (Fsp3) is 0.125. The number of benzene rings is 2. The summed E-state index contributed by atoms with van der Waals surface area (Å²) in [6, 6.07) is 16.1. The maximum Gasteiger partial charge on any atom is 0.253 e. The Hall–Kier alpha value is -1.92. The molecule has 113 valence electrons. The predicted octanol–water partition coefficient (Wildman–Crippen LogP) is 2.33. The third-order valence-corrected chi connectivity index (χ3v) is 3.23. The van der Waals surface area contributed by atoms with Crippen molar-refractivity contribution < 1.29 is 37.5 Å². The van der Waals surface area contributed by atoms with Gasteiger partial charge < -0.3 is 0 Å². The Labute approximate surface area is 159 Å². The summed E-state index contributed by atoms with van der Waals surface area (Å²) in [7, 11) is 0. The number of hydrogen-bond acceptors (Lipinski definition) is 4. The second-order valence-corrected chi connectivity index (χ2v) is 4.88. The zero-order valence-electron chi connectivity index (χ0n) is 12.8. The van der Waals surface area contributed by atoms with E-state index in [1.165, 1.54) is 4.68 Å². The van der Waals surface area contributed by atoms with E-state index in [1.807, 2.05) is 50.2 Å². The van der Waals surface area contributed by atoms with Crippen LogP contribution in [0.2, 0.25) is 0 Å². The third kappa shape index (κ3) is 3.89. The molecule has 0 bridgehead atoms. The Kier molecular flexibility index (Phi) is 5.74. The molecule has 3 rings (SSSR count). The van der Waals surface area contributed by atoms with Crippen LogP contribution in [-0.2, 0) is 32.7 Å². The van der Waals surface area contributed by atoms with Gasteiger partial charge in [-0.15, -0.1) is 0 Å². The molecule has 1 radical (unpaired) electrons. The third-order valence-electron chi connectivity index (χ3n) is 3.23. The quantitative estimate of drug-likeness (QED) is 0.707. The number of para-hydroxylation sites is 1. The molecule has 6 nitrogen and oxygen atoms in total. The van der Waals surface area contributed by atoms with E-state index in [2.05, 4.69) is 26.9 Å². The fourth-order valence-electron chi connectivity index (χ4n) is 2.16. The van der Waals surface area contributed by atoms with Gasteiger partial charge in [0.25, 0.3) is 5.95 Å². The van der Waals surface area contributed by atoms with Crippen LogP contribution >= 0.6 is 0 Å².